The molecule has 150 valence electrons. The Labute approximate surface area is 180 Å². The van der Waals surface area contributed by atoms with E-state index < -0.39 is 0 Å². The minimum atomic E-state index is -0.212. The number of fused-ring (bicyclic) bond motifs is 1. The second-order valence-electron chi connectivity index (χ2n) is 7.27. The van der Waals surface area contributed by atoms with E-state index in [1.54, 1.807) is 0 Å². The lowest BCUT2D eigenvalue weighted by Crippen LogP contribution is -2.12. The van der Waals surface area contributed by atoms with E-state index in [0.29, 0.717) is 10.6 Å². The smallest absolute Gasteiger partial charge is 0.267 e. The molecule has 2 heterocycles. The summed E-state index contributed by atoms with van der Waals surface area (Å²) in [6.07, 6.45) is 4.07. The number of pyridine rings is 1. The fourth-order valence-electron chi connectivity index (χ4n) is 3.29. The van der Waals surface area contributed by atoms with Crippen LogP contribution in [0, 0.1) is 13.8 Å². The van der Waals surface area contributed by atoms with Gasteiger partial charge in [0.25, 0.3) is 5.91 Å². The first-order chi connectivity index (χ1) is 14.5. The van der Waals surface area contributed by atoms with Crippen molar-refractivity contribution in [3.8, 4) is 11.3 Å². The molecule has 0 aliphatic rings. The van der Waals surface area contributed by atoms with Crippen LogP contribution in [-0.4, -0.2) is 10.9 Å². The van der Waals surface area contributed by atoms with E-state index in [0.717, 1.165) is 38.3 Å². The number of hydrogen-bond acceptors (Lipinski definition) is 4. The Bertz CT molecular complexity index is 1270. The second kappa shape index (κ2) is 8.13. The normalized spacial score (nSPS) is 11.3. The van der Waals surface area contributed by atoms with Crippen molar-refractivity contribution in [2.75, 3.05) is 11.1 Å². The van der Waals surface area contributed by atoms with E-state index in [-0.39, 0.29) is 5.91 Å². The molecular formula is C25H23N3OS. The lowest BCUT2D eigenvalue weighted by Gasteiger charge is -2.07. The molecule has 0 fully saturated rings. The molecule has 0 saturated heterocycles. The van der Waals surface area contributed by atoms with Gasteiger partial charge in [0, 0.05) is 16.6 Å². The van der Waals surface area contributed by atoms with Crippen LogP contribution < -0.4 is 11.1 Å². The Morgan fingerprint density at radius 2 is 1.80 bits per heavy atom. The summed E-state index contributed by atoms with van der Waals surface area (Å²) < 4.78 is 0. The molecule has 4 nitrogen and oxygen atoms in total. The lowest BCUT2D eigenvalue weighted by atomic mass is 10.1. The molecule has 0 aliphatic heterocycles. The van der Waals surface area contributed by atoms with E-state index in [1.165, 1.54) is 16.9 Å². The van der Waals surface area contributed by atoms with Gasteiger partial charge in [-0.1, -0.05) is 42.5 Å². The second-order valence-corrected chi connectivity index (χ2v) is 8.27. The number of aryl methyl sites for hydroxylation is 2. The number of nitrogens with one attached hydrogen (secondary N) is 1. The van der Waals surface area contributed by atoms with Crippen LogP contribution >= 0.6 is 11.3 Å². The van der Waals surface area contributed by atoms with Gasteiger partial charge in [0.05, 0.1) is 11.4 Å². The number of nitrogens with zero attached hydrogens (tertiary/aromatic N) is 1. The zero-order valence-corrected chi connectivity index (χ0v) is 18.0. The Hall–Kier alpha value is -3.44. The Morgan fingerprint density at radius 1 is 1.03 bits per heavy atom. The van der Waals surface area contributed by atoms with Crippen molar-refractivity contribution < 1.29 is 4.79 Å². The zero-order valence-electron chi connectivity index (χ0n) is 17.2. The molecule has 2 aromatic heterocycles. The van der Waals surface area contributed by atoms with Crippen LogP contribution in [0.4, 0.5) is 11.4 Å². The van der Waals surface area contributed by atoms with Crippen LogP contribution in [0.3, 0.4) is 0 Å². The van der Waals surface area contributed by atoms with Crippen LogP contribution in [0.15, 0.2) is 60.7 Å². The van der Waals surface area contributed by atoms with E-state index >= 15 is 0 Å². The first-order valence-electron chi connectivity index (χ1n) is 9.77. The molecule has 0 saturated carbocycles. The number of rotatable bonds is 4. The zero-order chi connectivity index (χ0) is 21.3. The number of anilines is 2. The molecule has 5 heteroatoms. The average Bonchev–Trinajstić information content (AvgIpc) is 3.08. The highest BCUT2D eigenvalue weighted by Gasteiger charge is 2.18. The summed E-state index contributed by atoms with van der Waals surface area (Å²) in [7, 11) is 0. The molecule has 4 aromatic rings. The average molecular weight is 414 g/mol. The van der Waals surface area contributed by atoms with Gasteiger partial charge in [-0.25, -0.2) is 4.98 Å². The summed E-state index contributed by atoms with van der Waals surface area (Å²) in [5.74, 6) is -0.212. The number of benzene rings is 2. The molecule has 2 aromatic carbocycles. The third-order valence-corrected chi connectivity index (χ3v) is 6.24. The number of aromatic nitrogens is 1. The molecule has 1 amide bonds. The minimum Gasteiger partial charge on any atom is -0.397 e. The molecule has 4 rings (SSSR count). The lowest BCUT2D eigenvalue weighted by molar-refractivity contribution is 0.103. The van der Waals surface area contributed by atoms with E-state index in [9.17, 15) is 4.79 Å². The quantitative estimate of drug-likeness (QED) is 0.404. The first kappa shape index (κ1) is 19.9. The van der Waals surface area contributed by atoms with Crippen molar-refractivity contribution in [3.05, 3.63) is 82.2 Å². The number of nitrogens with two attached hydrogens (primary N) is 1. The number of thiophene rings is 1. The van der Waals surface area contributed by atoms with Crippen molar-refractivity contribution in [1.82, 2.24) is 4.98 Å². The van der Waals surface area contributed by atoms with Crippen LogP contribution in [0.1, 0.15) is 33.3 Å². The van der Waals surface area contributed by atoms with Crippen LogP contribution in [0.2, 0.25) is 0 Å². The predicted octanol–water partition coefficient (Wildman–Crippen LogP) is 6.45. The van der Waals surface area contributed by atoms with Gasteiger partial charge in [0.2, 0.25) is 0 Å². The van der Waals surface area contributed by atoms with Crippen molar-refractivity contribution in [2.45, 2.75) is 20.8 Å². The standard InChI is InChI=1S/C25H23N3OS/c1-4-5-17-7-9-18(10-8-17)21-13-12-20-22(26)23(30-25(20)28-21)24(29)27-19-11-6-15(2)16(3)14-19/h4-14H,26H2,1-3H3,(H,27,29). The maximum atomic E-state index is 12.8. The number of nitrogen functional groups attached to an aromatic ring is 1. The molecule has 0 unspecified atom stereocenters. The van der Waals surface area contributed by atoms with Gasteiger partial charge < -0.3 is 11.1 Å². The van der Waals surface area contributed by atoms with Crippen molar-refractivity contribution in [1.29, 1.82) is 0 Å². The number of carbonyl (C=O) groups is 1. The van der Waals surface area contributed by atoms with Crippen LogP contribution in [-0.2, 0) is 0 Å². The summed E-state index contributed by atoms with van der Waals surface area (Å²) in [4.78, 5) is 18.8. The Balaban J connectivity index is 1.64. The Morgan fingerprint density at radius 3 is 2.50 bits per heavy atom. The highest BCUT2D eigenvalue weighted by atomic mass is 32.1. The fourth-order valence-corrected chi connectivity index (χ4v) is 4.28. The molecule has 3 N–H and O–H groups in total. The summed E-state index contributed by atoms with van der Waals surface area (Å²) in [6, 6.07) is 18.0. The van der Waals surface area contributed by atoms with Crippen molar-refractivity contribution in [2.24, 2.45) is 0 Å². The summed E-state index contributed by atoms with van der Waals surface area (Å²) >= 11 is 1.32. The van der Waals surface area contributed by atoms with Gasteiger partial charge in [-0.3, -0.25) is 4.79 Å². The largest absolute Gasteiger partial charge is 0.397 e. The third kappa shape index (κ3) is 3.84. The van der Waals surface area contributed by atoms with Gasteiger partial charge in [-0.2, -0.15) is 0 Å². The topological polar surface area (TPSA) is 68.0 Å². The predicted molar refractivity (Wildman–Crippen MR) is 128 cm³/mol. The van der Waals surface area contributed by atoms with E-state index in [2.05, 4.69) is 23.5 Å². The summed E-state index contributed by atoms with van der Waals surface area (Å²) in [5.41, 5.74) is 12.9. The van der Waals surface area contributed by atoms with Crippen molar-refractivity contribution >= 4 is 44.9 Å². The summed E-state index contributed by atoms with van der Waals surface area (Å²) in [6.45, 7) is 6.07. The highest BCUT2D eigenvalue weighted by Crippen LogP contribution is 2.34. The number of hydrogen-bond donors (Lipinski definition) is 2. The molecule has 0 radical (unpaired) electrons. The summed E-state index contributed by atoms with van der Waals surface area (Å²) in [5, 5.41) is 3.75. The molecular weight excluding hydrogens is 390 g/mol. The van der Waals surface area contributed by atoms with Crippen molar-refractivity contribution in [3.63, 3.8) is 0 Å². The van der Waals surface area contributed by atoms with Gasteiger partial charge in [0.1, 0.15) is 9.71 Å². The maximum Gasteiger partial charge on any atom is 0.267 e. The fraction of sp³-hybridized carbons (Fsp3) is 0.120. The highest BCUT2D eigenvalue weighted by molar-refractivity contribution is 7.21. The minimum absolute atomic E-state index is 0.212. The van der Waals surface area contributed by atoms with E-state index in [4.69, 9.17) is 10.7 Å². The maximum absolute atomic E-state index is 12.8. The van der Waals surface area contributed by atoms with Gasteiger partial charge in [0.15, 0.2) is 0 Å². The van der Waals surface area contributed by atoms with Gasteiger partial charge in [-0.15, -0.1) is 11.3 Å². The first-order valence-corrected chi connectivity index (χ1v) is 10.6. The van der Waals surface area contributed by atoms with Crippen LogP contribution in [0.25, 0.3) is 27.6 Å². The number of amides is 1. The number of carbonyl (C=O) groups excluding carboxylic acids is 1. The molecule has 0 spiro atoms. The SMILES string of the molecule is CC=Cc1ccc(-c2ccc3c(N)c(C(=O)Nc4ccc(C)c(C)c4)sc3n2)cc1. The van der Waals surface area contributed by atoms with Crippen LogP contribution in [0.5, 0.6) is 0 Å². The Kier molecular flexibility index (Phi) is 5.38. The molecule has 0 aliphatic carbocycles. The number of allylic oxidation sites excluding steroid dienone is 1. The molecule has 0 bridgehead atoms. The van der Waals surface area contributed by atoms with E-state index in [1.807, 2.05) is 69.3 Å². The third-order valence-electron chi connectivity index (χ3n) is 5.13. The monoisotopic (exact) mass is 413 g/mol. The molecule has 30 heavy (non-hydrogen) atoms. The van der Waals surface area contributed by atoms with Gasteiger partial charge in [-0.05, 0) is 61.7 Å². The van der Waals surface area contributed by atoms with Gasteiger partial charge >= 0.3 is 0 Å². The molecule has 0 atom stereocenters.